The Morgan fingerprint density at radius 3 is 2.11 bits per heavy atom. The second kappa shape index (κ2) is 10.4. The van der Waals surface area contributed by atoms with E-state index in [1.807, 2.05) is 102 Å². The Kier molecular flexibility index (Phi) is 6.48. The molecule has 0 aliphatic heterocycles. The van der Waals surface area contributed by atoms with Gasteiger partial charge in [-0.1, -0.05) is 90.0 Å². The summed E-state index contributed by atoms with van der Waals surface area (Å²) < 4.78 is 1.85. The van der Waals surface area contributed by atoms with Crippen LogP contribution in [-0.4, -0.2) is 14.7 Å². The van der Waals surface area contributed by atoms with E-state index >= 15 is 0 Å². The minimum absolute atomic E-state index is 0.132. The molecule has 0 saturated heterocycles. The van der Waals surface area contributed by atoms with Crippen LogP contribution in [0.3, 0.4) is 0 Å². The summed E-state index contributed by atoms with van der Waals surface area (Å²) in [5.74, 6) is 3.92. The van der Waals surface area contributed by atoms with Crippen LogP contribution >= 0.6 is 0 Å². The average Bonchev–Trinajstić information content (AvgIpc) is 3.32. The van der Waals surface area contributed by atoms with E-state index in [4.69, 9.17) is 10.5 Å². The van der Waals surface area contributed by atoms with Gasteiger partial charge in [-0.15, -0.1) is 0 Å². The van der Waals surface area contributed by atoms with Gasteiger partial charge in [0.05, 0.1) is 23.5 Å². The summed E-state index contributed by atoms with van der Waals surface area (Å²) >= 11 is 0. The van der Waals surface area contributed by atoms with Crippen LogP contribution in [0.4, 0.5) is 0 Å². The van der Waals surface area contributed by atoms with Crippen LogP contribution in [0.25, 0.3) is 44.3 Å². The standard InChI is InChI=1S/C30H21N5O/c31-34-32-21-23-17-15-22(16-18-23)19-20-35-29(25-11-5-2-6-12-25)28(24-9-3-1-4-10-24)33-30(35)26-13-7-8-14-27(26)36/h1-18,36H,21H2. The predicted octanol–water partition coefficient (Wildman–Crippen LogP) is 7.26. The van der Waals surface area contributed by atoms with Gasteiger partial charge >= 0.3 is 0 Å². The molecular formula is C30H21N5O. The third-order valence-corrected chi connectivity index (χ3v) is 5.70. The zero-order valence-electron chi connectivity index (χ0n) is 19.3. The topological polar surface area (TPSA) is 86.8 Å². The molecule has 0 aliphatic rings. The van der Waals surface area contributed by atoms with Crippen LogP contribution < -0.4 is 0 Å². The Bertz CT molecular complexity index is 1610. The van der Waals surface area contributed by atoms with Crippen molar-refractivity contribution in [1.29, 1.82) is 0 Å². The van der Waals surface area contributed by atoms with Gasteiger partial charge in [0.15, 0.2) is 5.82 Å². The first-order valence-electron chi connectivity index (χ1n) is 11.4. The first kappa shape index (κ1) is 22.5. The maximum absolute atomic E-state index is 10.7. The zero-order chi connectivity index (χ0) is 24.7. The van der Waals surface area contributed by atoms with Crippen molar-refractivity contribution in [3.8, 4) is 51.6 Å². The molecule has 1 N–H and O–H groups in total. The number of phenolic OH excluding ortho intramolecular Hbond substituents is 1. The highest BCUT2D eigenvalue weighted by Crippen LogP contribution is 2.38. The lowest BCUT2D eigenvalue weighted by Gasteiger charge is -2.08. The van der Waals surface area contributed by atoms with Crippen LogP contribution in [-0.2, 0) is 6.54 Å². The second-order valence-electron chi connectivity index (χ2n) is 8.04. The molecule has 172 valence electrons. The van der Waals surface area contributed by atoms with Crippen molar-refractivity contribution < 1.29 is 5.11 Å². The quantitative estimate of drug-likeness (QED) is 0.128. The lowest BCUT2D eigenvalue weighted by Crippen LogP contribution is -1.97. The van der Waals surface area contributed by atoms with Crippen molar-refractivity contribution in [2.75, 3.05) is 0 Å². The smallest absolute Gasteiger partial charge is 0.156 e. The van der Waals surface area contributed by atoms with Crippen molar-refractivity contribution in [3.63, 3.8) is 0 Å². The number of aromatic hydroxyl groups is 1. The molecule has 5 rings (SSSR count). The molecule has 0 amide bonds. The lowest BCUT2D eigenvalue weighted by molar-refractivity contribution is 0.477. The fourth-order valence-electron chi connectivity index (χ4n) is 3.96. The Morgan fingerprint density at radius 2 is 1.44 bits per heavy atom. The fraction of sp³-hybridized carbons (Fsp3) is 0.0333. The third kappa shape index (κ3) is 4.69. The van der Waals surface area contributed by atoms with Gasteiger partial charge in [0.25, 0.3) is 0 Å². The number of benzene rings is 4. The highest BCUT2D eigenvalue weighted by Gasteiger charge is 2.21. The van der Waals surface area contributed by atoms with Crippen molar-refractivity contribution in [1.82, 2.24) is 9.55 Å². The molecule has 6 heteroatoms. The van der Waals surface area contributed by atoms with E-state index < -0.39 is 0 Å². The summed E-state index contributed by atoms with van der Waals surface area (Å²) in [6, 6.07) is 38.0. The lowest BCUT2D eigenvalue weighted by atomic mass is 10.0. The van der Waals surface area contributed by atoms with Gasteiger partial charge in [-0.2, -0.15) is 0 Å². The number of phenols is 1. The molecule has 0 spiro atoms. The van der Waals surface area contributed by atoms with Crippen LogP contribution in [0.2, 0.25) is 0 Å². The molecular weight excluding hydrogens is 446 g/mol. The molecule has 6 nitrogen and oxygen atoms in total. The summed E-state index contributed by atoms with van der Waals surface area (Å²) in [5, 5.41) is 14.3. The summed E-state index contributed by atoms with van der Waals surface area (Å²) in [6.07, 6.45) is 0. The highest BCUT2D eigenvalue weighted by atomic mass is 16.3. The third-order valence-electron chi connectivity index (χ3n) is 5.70. The molecule has 0 fully saturated rings. The van der Waals surface area contributed by atoms with Crippen LogP contribution in [0.15, 0.2) is 114 Å². The van der Waals surface area contributed by atoms with Crippen LogP contribution in [0.1, 0.15) is 11.1 Å². The van der Waals surface area contributed by atoms with Crippen molar-refractivity contribution in [3.05, 3.63) is 131 Å². The monoisotopic (exact) mass is 467 g/mol. The molecule has 0 bridgehead atoms. The molecule has 36 heavy (non-hydrogen) atoms. The van der Waals surface area contributed by atoms with Gasteiger partial charge in [0.2, 0.25) is 0 Å². The van der Waals surface area contributed by atoms with E-state index in [9.17, 15) is 5.11 Å². The highest BCUT2D eigenvalue weighted by molar-refractivity contribution is 5.84. The second-order valence-corrected chi connectivity index (χ2v) is 8.04. The number of hydrogen-bond acceptors (Lipinski definition) is 3. The molecule has 0 atom stereocenters. The number of hydrogen-bond donors (Lipinski definition) is 1. The minimum atomic E-state index is 0.132. The normalized spacial score (nSPS) is 10.2. The number of rotatable bonds is 5. The minimum Gasteiger partial charge on any atom is -0.507 e. The van der Waals surface area contributed by atoms with Gasteiger partial charge in [-0.25, -0.2) is 9.55 Å². The van der Waals surface area contributed by atoms with Crippen molar-refractivity contribution in [2.45, 2.75) is 6.54 Å². The van der Waals surface area contributed by atoms with E-state index in [2.05, 4.69) is 22.0 Å². The van der Waals surface area contributed by atoms with E-state index in [1.165, 1.54) is 0 Å². The fourth-order valence-corrected chi connectivity index (χ4v) is 3.96. The van der Waals surface area contributed by atoms with Crippen LogP contribution in [0, 0.1) is 12.0 Å². The number of nitrogens with zero attached hydrogens (tertiary/aromatic N) is 5. The number of aromatic nitrogens is 2. The van der Waals surface area contributed by atoms with Gasteiger partial charge in [-0.3, -0.25) is 0 Å². The molecule has 0 aliphatic carbocycles. The zero-order valence-corrected chi connectivity index (χ0v) is 19.3. The summed E-state index contributed by atoms with van der Waals surface area (Å²) in [5.41, 5.74) is 14.4. The number of para-hydroxylation sites is 1. The average molecular weight is 468 g/mol. The maximum atomic E-state index is 10.7. The maximum Gasteiger partial charge on any atom is 0.156 e. The van der Waals surface area contributed by atoms with Gasteiger partial charge in [0, 0.05) is 27.6 Å². The van der Waals surface area contributed by atoms with Gasteiger partial charge in [-0.05, 0) is 41.3 Å². The first-order valence-corrected chi connectivity index (χ1v) is 11.4. The molecule has 1 aromatic heterocycles. The van der Waals surface area contributed by atoms with Crippen molar-refractivity contribution in [2.24, 2.45) is 5.11 Å². The number of imidazole rings is 1. The van der Waals surface area contributed by atoms with Gasteiger partial charge in [0.1, 0.15) is 5.75 Å². The van der Waals surface area contributed by atoms with E-state index in [0.29, 0.717) is 17.9 Å². The van der Waals surface area contributed by atoms with Crippen LogP contribution in [0.5, 0.6) is 5.75 Å². The number of azide groups is 1. The SMILES string of the molecule is [N-]=[N+]=NCc1ccc(C#Cn2c(-c3ccccc3O)nc(-c3ccccc3)c2-c2ccccc2)cc1. The Labute approximate surface area is 208 Å². The summed E-state index contributed by atoms with van der Waals surface area (Å²) in [7, 11) is 0. The molecule has 1 heterocycles. The largest absolute Gasteiger partial charge is 0.507 e. The molecule has 0 unspecified atom stereocenters. The summed E-state index contributed by atoms with van der Waals surface area (Å²) in [4.78, 5) is 7.81. The first-order chi connectivity index (χ1) is 17.7. The molecule has 0 radical (unpaired) electrons. The molecule has 5 aromatic rings. The summed E-state index contributed by atoms with van der Waals surface area (Å²) in [6.45, 7) is 0.293. The van der Waals surface area contributed by atoms with E-state index in [1.54, 1.807) is 12.1 Å². The van der Waals surface area contributed by atoms with E-state index in [-0.39, 0.29) is 5.75 Å². The molecule has 0 saturated carbocycles. The van der Waals surface area contributed by atoms with E-state index in [0.717, 1.165) is 33.6 Å². The Morgan fingerprint density at radius 1 is 0.806 bits per heavy atom. The Balaban J connectivity index is 1.73. The molecule has 4 aromatic carbocycles. The Hall–Kier alpha value is -5.24. The predicted molar refractivity (Wildman–Crippen MR) is 142 cm³/mol. The van der Waals surface area contributed by atoms with Gasteiger partial charge < -0.3 is 5.11 Å². The van der Waals surface area contributed by atoms with Crippen molar-refractivity contribution >= 4 is 0 Å².